The molecule has 2 atom stereocenters. The molecule has 0 spiro atoms. The van der Waals surface area contributed by atoms with Crippen LogP contribution >= 0.6 is 23.8 Å². The zero-order valence-electron chi connectivity index (χ0n) is 16.3. The summed E-state index contributed by atoms with van der Waals surface area (Å²) in [6, 6.07) is 18.2. The standard InChI is InChI=1S/C23H18ClN5OS/c24-15-6-7-20(30)19(14-15)29-22(21(27-23(29)31)17-4-1-2-10-26-17)18-5-3-13-28(18)16-8-11-25-12-9-16/h1-14,21-22,30H,(H,27,31)/t21-,22-/m0/s1. The van der Waals surface area contributed by atoms with Crippen molar-refractivity contribution in [2.75, 3.05) is 4.90 Å². The monoisotopic (exact) mass is 447 g/mol. The molecule has 6 nitrogen and oxygen atoms in total. The molecular formula is C23H18ClN5OS. The fourth-order valence-corrected chi connectivity index (χ4v) is 4.48. The summed E-state index contributed by atoms with van der Waals surface area (Å²) in [6.07, 6.45) is 7.27. The van der Waals surface area contributed by atoms with Crippen molar-refractivity contribution in [2.24, 2.45) is 0 Å². The van der Waals surface area contributed by atoms with Crippen LogP contribution in [0.4, 0.5) is 5.69 Å². The molecule has 8 heteroatoms. The van der Waals surface area contributed by atoms with Gasteiger partial charge in [0.1, 0.15) is 11.8 Å². The Morgan fingerprint density at radius 1 is 1.00 bits per heavy atom. The number of hydrogen-bond acceptors (Lipinski definition) is 4. The van der Waals surface area contributed by atoms with Gasteiger partial charge in [0.25, 0.3) is 0 Å². The molecule has 0 amide bonds. The predicted octanol–water partition coefficient (Wildman–Crippen LogP) is 4.80. The van der Waals surface area contributed by atoms with E-state index in [0.717, 1.165) is 17.1 Å². The smallest absolute Gasteiger partial charge is 0.174 e. The third-order valence-corrected chi connectivity index (χ3v) is 5.87. The van der Waals surface area contributed by atoms with Crippen LogP contribution in [0.2, 0.25) is 5.02 Å². The summed E-state index contributed by atoms with van der Waals surface area (Å²) in [4.78, 5) is 10.6. The van der Waals surface area contributed by atoms with E-state index in [2.05, 4.69) is 19.9 Å². The van der Waals surface area contributed by atoms with Crippen LogP contribution in [-0.2, 0) is 0 Å². The first-order valence-electron chi connectivity index (χ1n) is 9.70. The first-order chi connectivity index (χ1) is 15.1. The van der Waals surface area contributed by atoms with Gasteiger partial charge in [-0.05, 0) is 66.8 Å². The van der Waals surface area contributed by atoms with Crippen molar-refractivity contribution in [3.63, 3.8) is 0 Å². The molecule has 3 aromatic heterocycles. The van der Waals surface area contributed by atoms with Crippen molar-refractivity contribution in [2.45, 2.75) is 12.1 Å². The minimum Gasteiger partial charge on any atom is -0.506 e. The molecule has 5 rings (SSSR count). The highest BCUT2D eigenvalue weighted by Gasteiger charge is 2.43. The average molecular weight is 448 g/mol. The van der Waals surface area contributed by atoms with Crippen molar-refractivity contribution >= 4 is 34.6 Å². The summed E-state index contributed by atoms with van der Waals surface area (Å²) in [5.74, 6) is 0.0993. The summed E-state index contributed by atoms with van der Waals surface area (Å²) in [5.41, 5.74) is 3.34. The van der Waals surface area contributed by atoms with Crippen LogP contribution in [0.3, 0.4) is 0 Å². The third kappa shape index (κ3) is 3.52. The van der Waals surface area contributed by atoms with Crippen molar-refractivity contribution in [1.29, 1.82) is 0 Å². The molecule has 2 N–H and O–H groups in total. The first kappa shape index (κ1) is 19.5. The number of pyridine rings is 2. The third-order valence-electron chi connectivity index (χ3n) is 5.32. The molecule has 1 fully saturated rings. The number of nitrogens with one attached hydrogen (secondary N) is 1. The van der Waals surface area contributed by atoms with Gasteiger partial charge in [0.2, 0.25) is 0 Å². The van der Waals surface area contributed by atoms with Crippen LogP contribution in [0.25, 0.3) is 5.69 Å². The van der Waals surface area contributed by atoms with Gasteiger partial charge in [-0.25, -0.2) is 0 Å². The van der Waals surface area contributed by atoms with E-state index in [1.807, 2.05) is 53.6 Å². The van der Waals surface area contributed by atoms with Crippen molar-refractivity contribution in [3.05, 3.63) is 102 Å². The van der Waals surface area contributed by atoms with E-state index in [0.29, 0.717) is 15.8 Å². The maximum Gasteiger partial charge on any atom is 0.174 e. The molecule has 1 saturated heterocycles. The molecule has 1 aliphatic heterocycles. The maximum atomic E-state index is 10.7. The predicted molar refractivity (Wildman–Crippen MR) is 125 cm³/mol. The Morgan fingerprint density at radius 2 is 1.84 bits per heavy atom. The highest BCUT2D eigenvalue weighted by molar-refractivity contribution is 7.80. The molecule has 0 bridgehead atoms. The Hall–Kier alpha value is -3.42. The molecule has 1 aromatic carbocycles. The summed E-state index contributed by atoms with van der Waals surface area (Å²) in [5, 5.41) is 15.1. The minimum absolute atomic E-state index is 0.0993. The Labute approximate surface area is 189 Å². The van der Waals surface area contributed by atoms with Crippen LogP contribution in [0.1, 0.15) is 23.5 Å². The lowest BCUT2D eigenvalue weighted by molar-refractivity contribution is 0.472. The number of phenols is 1. The quantitative estimate of drug-likeness (QED) is 0.438. The number of anilines is 1. The number of rotatable bonds is 4. The maximum absolute atomic E-state index is 10.7. The number of nitrogens with zero attached hydrogens (tertiary/aromatic N) is 4. The summed E-state index contributed by atoms with van der Waals surface area (Å²) in [7, 11) is 0. The normalized spacial score (nSPS) is 18.2. The SMILES string of the molecule is Oc1ccc(Cl)cc1N1C(=S)N[C@@H](c2ccccn2)[C@@H]1c1cccn1-c1ccncc1. The lowest BCUT2D eigenvalue weighted by Crippen LogP contribution is -2.30. The van der Waals surface area contributed by atoms with E-state index in [1.165, 1.54) is 0 Å². The van der Waals surface area contributed by atoms with E-state index in [9.17, 15) is 5.11 Å². The first-order valence-corrected chi connectivity index (χ1v) is 10.5. The van der Waals surface area contributed by atoms with Crippen molar-refractivity contribution in [1.82, 2.24) is 19.9 Å². The van der Waals surface area contributed by atoms with Gasteiger partial charge >= 0.3 is 0 Å². The number of aromatic hydroxyl groups is 1. The van der Waals surface area contributed by atoms with Crippen molar-refractivity contribution in [3.8, 4) is 11.4 Å². The van der Waals surface area contributed by atoms with Gasteiger partial charge in [-0.1, -0.05) is 17.7 Å². The van der Waals surface area contributed by atoms with E-state index < -0.39 is 0 Å². The molecule has 0 radical (unpaired) electrons. The molecule has 4 heterocycles. The highest BCUT2D eigenvalue weighted by atomic mass is 35.5. The van der Waals surface area contributed by atoms with Crippen LogP contribution < -0.4 is 10.2 Å². The molecule has 0 saturated carbocycles. The Balaban J connectivity index is 1.70. The summed E-state index contributed by atoms with van der Waals surface area (Å²) < 4.78 is 2.09. The van der Waals surface area contributed by atoms with E-state index in [4.69, 9.17) is 23.8 Å². The number of thiocarbonyl (C=S) groups is 1. The zero-order valence-corrected chi connectivity index (χ0v) is 17.8. The zero-order chi connectivity index (χ0) is 21.4. The van der Waals surface area contributed by atoms with Crippen LogP contribution in [0, 0.1) is 0 Å². The van der Waals surface area contributed by atoms with Gasteiger partial charge < -0.3 is 19.9 Å². The highest BCUT2D eigenvalue weighted by Crippen LogP contribution is 2.45. The fourth-order valence-electron chi connectivity index (χ4n) is 3.98. The topological polar surface area (TPSA) is 66.2 Å². The summed E-state index contributed by atoms with van der Waals surface area (Å²) in [6.45, 7) is 0. The van der Waals surface area contributed by atoms with Gasteiger partial charge in [0.15, 0.2) is 5.11 Å². The van der Waals surface area contributed by atoms with Crippen LogP contribution in [-0.4, -0.2) is 24.8 Å². The van der Waals surface area contributed by atoms with Gasteiger partial charge in [0.05, 0.1) is 17.4 Å². The van der Waals surface area contributed by atoms with E-state index in [-0.39, 0.29) is 17.8 Å². The second kappa shape index (κ2) is 8.02. The molecule has 154 valence electrons. The van der Waals surface area contributed by atoms with E-state index in [1.54, 1.807) is 36.8 Å². The molecule has 1 aliphatic rings. The minimum atomic E-state index is -0.282. The second-order valence-corrected chi connectivity index (χ2v) is 7.96. The Kier molecular flexibility index (Phi) is 5.05. The number of halogens is 1. The van der Waals surface area contributed by atoms with Crippen molar-refractivity contribution < 1.29 is 5.11 Å². The van der Waals surface area contributed by atoms with E-state index >= 15 is 0 Å². The molecule has 0 unspecified atom stereocenters. The number of aromatic nitrogens is 3. The lowest BCUT2D eigenvalue weighted by Gasteiger charge is -2.29. The molecule has 0 aliphatic carbocycles. The Morgan fingerprint density at radius 3 is 2.61 bits per heavy atom. The second-order valence-electron chi connectivity index (χ2n) is 7.14. The van der Waals surface area contributed by atoms with Gasteiger partial charge in [0, 0.05) is 41.2 Å². The van der Waals surface area contributed by atoms with Gasteiger partial charge in [-0.15, -0.1) is 0 Å². The number of benzene rings is 1. The fraction of sp³-hybridized carbons (Fsp3) is 0.0870. The molecular weight excluding hydrogens is 430 g/mol. The largest absolute Gasteiger partial charge is 0.506 e. The molecule has 4 aromatic rings. The Bertz CT molecular complexity index is 1230. The average Bonchev–Trinajstić information content (AvgIpc) is 3.41. The van der Waals surface area contributed by atoms with Crippen LogP contribution in [0.5, 0.6) is 5.75 Å². The van der Waals surface area contributed by atoms with Crippen LogP contribution in [0.15, 0.2) is 85.5 Å². The number of hydrogen-bond donors (Lipinski definition) is 2. The lowest BCUT2D eigenvalue weighted by atomic mass is 10.0. The summed E-state index contributed by atoms with van der Waals surface area (Å²) >= 11 is 12.0. The van der Waals surface area contributed by atoms with Gasteiger partial charge in [-0.3, -0.25) is 9.97 Å². The molecule has 31 heavy (non-hydrogen) atoms. The number of phenolic OH excluding ortho intramolecular Hbond substituents is 1. The van der Waals surface area contributed by atoms with Gasteiger partial charge in [-0.2, -0.15) is 0 Å².